The van der Waals surface area contributed by atoms with Crippen LogP contribution in [0, 0.1) is 18.6 Å². The van der Waals surface area contributed by atoms with Crippen molar-refractivity contribution in [3.05, 3.63) is 64.7 Å². The number of ether oxygens (including phenoxy) is 1. The Kier molecular flexibility index (Phi) is 3.98. The third-order valence-corrected chi connectivity index (χ3v) is 2.81. The summed E-state index contributed by atoms with van der Waals surface area (Å²) < 4.78 is 31.8. The molecular formula is C15H12F2O3. The van der Waals surface area contributed by atoms with E-state index in [9.17, 15) is 13.6 Å². The number of aryl methyl sites for hydroxylation is 1. The second-order valence-electron chi connectivity index (χ2n) is 4.31. The van der Waals surface area contributed by atoms with E-state index in [1.54, 1.807) is 6.92 Å². The van der Waals surface area contributed by atoms with E-state index in [1.165, 1.54) is 18.2 Å². The van der Waals surface area contributed by atoms with Gasteiger partial charge in [0.2, 0.25) is 0 Å². The summed E-state index contributed by atoms with van der Waals surface area (Å²) in [5, 5.41) is 8.84. The third kappa shape index (κ3) is 3.12. The minimum atomic E-state index is -1.03. The first-order chi connectivity index (χ1) is 9.47. The number of hydrogen-bond donors (Lipinski definition) is 1. The zero-order chi connectivity index (χ0) is 14.7. The number of rotatable bonds is 4. The molecule has 104 valence electrons. The van der Waals surface area contributed by atoms with Crippen LogP contribution in [0.2, 0.25) is 0 Å². The Morgan fingerprint density at radius 1 is 1.20 bits per heavy atom. The SMILES string of the molecule is Cc1cc(C(=O)O)ccc1OCc1cc(F)ccc1F. The highest BCUT2D eigenvalue weighted by molar-refractivity contribution is 5.88. The lowest BCUT2D eigenvalue weighted by Crippen LogP contribution is -2.02. The highest BCUT2D eigenvalue weighted by atomic mass is 19.1. The molecule has 0 aliphatic heterocycles. The van der Waals surface area contributed by atoms with Crippen molar-refractivity contribution in [1.82, 2.24) is 0 Å². The Balaban J connectivity index is 2.15. The Morgan fingerprint density at radius 2 is 1.95 bits per heavy atom. The molecule has 0 fully saturated rings. The molecule has 2 aromatic rings. The summed E-state index contributed by atoms with van der Waals surface area (Å²) in [6, 6.07) is 7.48. The van der Waals surface area contributed by atoms with Gasteiger partial charge in [-0.25, -0.2) is 13.6 Å². The standard InChI is InChI=1S/C15H12F2O3/c1-9-6-10(15(18)19)2-5-14(9)20-8-11-7-12(16)3-4-13(11)17/h2-7H,8H2,1H3,(H,18,19). The summed E-state index contributed by atoms with van der Waals surface area (Å²) in [6.07, 6.45) is 0. The van der Waals surface area contributed by atoms with Crippen molar-refractivity contribution in [3.63, 3.8) is 0 Å². The van der Waals surface area contributed by atoms with Crippen LogP contribution in [0.15, 0.2) is 36.4 Å². The molecule has 0 unspecified atom stereocenters. The van der Waals surface area contributed by atoms with Crippen LogP contribution in [0.4, 0.5) is 8.78 Å². The quantitative estimate of drug-likeness (QED) is 0.930. The largest absolute Gasteiger partial charge is 0.489 e. The lowest BCUT2D eigenvalue weighted by molar-refractivity contribution is 0.0696. The molecule has 0 saturated carbocycles. The van der Waals surface area contributed by atoms with Gasteiger partial charge in [-0.3, -0.25) is 0 Å². The average molecular weight is 278 g/mol. The van der Waals surface area contributed by atoms with Crippen molar-refractivity contribution >= 4 is 5.97 Å². The van der Waals surface area contributed by atoms with E-state index >= 15 is 0 Å². The molecule has 3 nitrogen and oxygen atoms in total. The molecule has 0 atom stereocenters. The maximum Gasteiger partial charge on any atom is 0.335 e. The van der Waals surface area contributed by atoms with Gasteiger partial charge in [0.25, 0.3) is 0 Å². The molecule has 0 heterocycles. The summed E-state index contributed by atoms with van der Waals surface area (Å²) in [7, 11) is 0. The van der Waals surface area contributed by atoms with E-state index in [-0.39, 0.29) is 17.7 Å². The van der Waals surface area contributed by atoms with Gasteiger partial charge in [0, 0.05) is 5.56 Å². The molecule has 0 bridgehead atoms. The molecular weight excluding hydrogens is 266 g/mol. The van der Waals surface area contributed by atoms with Crippen molar-refractivity contribution in [2.75, 3.05) is 0 Å². The minimum absolute atomic E-state index is 0.103. The van der Waals surface area contributed by atoms with Crippen LogP contribution in [-0.4, -0.2) is 11.1 Å². The van der Waals surface area contributed by atoms with Crippen molar-refractivity contribution in [2.24, 2.45) is 0 Å². The van der Waals surface area contributed by atoms with E-state index in [4.69, 9.17) is 9.84 Å². The molecule has 5 heteroatoms. The van der Waals surface area contributed by atoms with Crippen LogP contribution in [0.25, 0.3) is 0 Å². The van der Waals surface area contributed by atoms with E-state index < -0.39 is 17.6 Å². The number of carboxylic acids is 1. The molecule has 0 spiro atoms. The number of halogens is 2. The molecule has 2 rings (SSSR count). The van der Waals surface area contributed by atoms with Crippen LogP contribution in [0.1, 0.15) is 21.5 Å². The fourth-order valence-electron chi connectivity index (χ4n) is 1.75. The van der Waals surface area contributed by atoms with Crippen molar-refractivity contribution in [2.45, 2.75) is 13.5 Å². The summed E-state index contributed by atoms with van der Waals surface area (Å²) in [4.78, 5) is 10.8. The van der Waals surface area contributed by atoms with E-state index in [1.807, 2.05) is 0 Å². The first-order valence-electron chi connectivity index (χ1n) is 5.88. The number of carbonyl (C=O) groups is 1. The highest BCUT2D eigenvalue weighted by Gasteiger charge is 2.08. The summed E-state index contributed by atoms with van der Waals surface area (Å²) >= 11 is 0. The van der Waals surface area contributed by atoms with Gasteiger partial charge in [0.05, 0.1) is 5.56 Å². The van der Waals surface area contributed by atoms with Gasteiger partial charge in [-0.05, 0) is 48.9 Å². The van der Waals surface area contributed by atoms with Gasteiger partial charge < -0.3 is 9.84 Å². The minimum Gasteiger partial charge on any atom is -0.489 e. The molecule has 20 heavy (non-hydrogen) atoms. The third-order valence-electron chi connectivity index (χ3n) is 2.81. The van der Waals surface area contributed by atoms with Gasteiger partial charge in [-0.15, -0.1) is 0 Å². The van der Waals surface area contributed by atoms with Crippen LogP contribution in [0.3, 0.4) is 0 Å². The monoisotopic (exact) mass is 278 g/mol. The van der Waals surface area contributed by atoms with Crippen LogP contribution >= 0.6 is 0 Å². The van der Waals surface area contributed by atoms with Crippen molar-refractivity contribution < 1.29 is 23.4 Å². The van der Waals surface area contributed by atoms with Gasteiger partial charge in [-0.1, -0.05) is 0 Å². The Hall–Kier alpha value is -2.43. The maximum absolute atomic E-state index is 13.4. The second kappa shape index (κ2) is 5.69. The molecule has 0 amide bonds. The van der Waals surface area contributed by atoms with Gasteiger partial charge >= 0.3 is 5.97 Å². The number of carboxylic acid groups (broad SMARTS) is 1. The lowest BCUT2D eigenvalue weighted by atomic mass is 10.1. The summed E-state index contributed by atoms with van der Waals surface area (Å²) in [5.41, 5.74) is 0.861. The zero-order valence-electron chi connectivity index (χ0n) is 10.7. The molecule has 2 aromatic carbocycles. The molecule has 0 saturated heterocycles. The van der Waals surface area contributed by atoms with Gasteiger partial charge in [0.15, 0.2) is 0 Å². The van der Waals surface area contributed by atoms with Gasteiger partial charge in [-0.2, -0.15) is 0 Å². The molecule has 0 radical (unpaired) electrons. The van der Waals surface area contributed by atoms with E-state index in [2.05, 4.69) is 0 Å². The predicted molar refractivity (Wildman–Crippen MR) is 68.8 cm³/mol. The molecule has 0 aliphatic carbocycles. The fraction of sp³-hybridized carbons (Fsp3) is 0.133. The van der Waals surface area contributed by atoms with Crippen molar-refractivity contribution in [3.8, 4) is 5.75 Å². The van der Waals surface area contributed by atoms with Gasteiger partial charge in [0.1, 0.15) is 24.0 Å². The zero-order valence-corrected chi connectivity index (χ0v) is 10.7. The molecule has 1 N–H and O–H groups in total. The van der Waals surface area contributed by atoms with Crippen LogP contribution in [0.5, 0.6) is 5.75 Å². The highest BCUT2D eigenvalue weighted by Crippen LogP contribution is 2.21. The normalized spacial score (nSPS) is 10.3. The number of benzene rings is 2. The summed E-state index contributed by atoms with van der Waals surface area (Å²) in [6.45, 7) is 1.56. The number of hydrogen-bond acceptors (Lipinski definition) is 2. The lowest BCUT2D eigenvalue weighted by Gasteiger charge is -2.10. The van der Waals surface area contributed by atoms with Crippen LogP contribution in [-0.2, 0) is 6.61 Å². The second-order valence-corrected chi connectivity index (χ2v) is 4.31. The Bertz CT molecular complexity index is 654. The predicted octanol–water partition coefficient (Wildman–Crippen LogP) is 3.55. The summed E-state index contributed by atoms with van der Waals surface area (Å²) in [5.74, 6) is -1.69. The molecule has 0 aromatic heterocycles. The Morgan fingerprint density at radius 3 is 2.60 bits per heavy atom. The fourth-order valence-corrected chi connectivity index (χ4v) is 1.75. The maximum atomic E-state index is 13.4. The smallest absolute Gasteiger partial charge is 0.335 e. The van der Waals surface area contributed by atoms with Crippen molar-refractivity contribution in [1.29, 1.82) is 0 Å². The average Bonchev–Trinajstić information content (AvgIpc) is 2.40. The van der Waals surface area contributed by atoms with E-state index in [0.717, 1.165) is 18.2 Å². The first-order valence-corrected chi connectivity index (χ1v) is 5.88. The topological polar surface area (TPSA) is 46.5 Å². The van der Waals surface area contributed by atoms with E-state index in [0.29, 0.717) is 11.3 Å². The molecule has 0 aliphatic rings. The first kappa shape index (κ1) is 14.0. The number of aromatic carboxylic acids is 1. The Labute approximate surface area is 114 Å². The van der Waals surface area contributed by atoms with Crippen LogP contribution < -0.4 is 4.74 Å².